The second kappa shape index (κ2) is 8.92. The van der Waals surface area contributed by atoms with Gasteiger partial charge in [-0.3, -0.25) is 4.79 Å². The minimum Gasteiger partial charge on any atom is -0.497 e. The van der Waals surface area contributed by atoms with Crippen LogP contribution in [0.3, 0.4) is 0 Å². The van der Waals surface area contributed by atoms with Crippen LogP contribution in [0.4, 0.5) is 0 Å². The van der Waals surface area contributed by atoms with Crippen LogP contribution in [0.25, 0.3) is 0 Å². The number of nitrogens with one attached hydrogen (secondary N) is 2. The molecule has 1 saturated carbocycles. The fraction of sp³-hybridized carbons (Fsp3) is 0.632. The van der Waals surface area contributed by atoms with E-state index in [-0.39, 0.29) is 11.9 Å². The summed E-state index contributed by atoms with van der Waals surface area (Å²) in [5, 5.41) is 6.45. The fourth-order valence-electron chi connectivity index (χ4n) is 3.32. The van der Waals surface area contributed by atoms with Gasteiger partial charge in [-0.05, 0) is 43.9 Å². The summed E-state index contributed by atoms with van der Waals surface area (Å²) in [4.78, 5) is 12.2. The Bertz CT molecular complexity index is 547. The SMILES string of the molecule is COc1ccc(OC)c([C@H](C)NCC(=O)N[C@H]2CCCC[C@@H]2C)c1. The molecule has 0 saturated heterocycles. The van der Waals surface area contributed by atoms with Gasteiger partial charge in [0.25, 0.3) is 0 Å². The Hall–Kier alpha value is -1.75. The maximum atomic E-state index is 12.2. The second-order valence-electron chi connectivity index (χ2n) is 6.65. The third-order valence-corrected chi connectivity index (χ3v) is 4.93. The Balaban J connectivity index is 1.90. The van der Waals surface area contributed by atoms with Crippen LogP contribution >= 0.6 is 0 Å². The molecule has 2 N–H and O–H groups in total. The summed E-state index contributed by atoms with van der Waals surface area (Å²) < 4.78 is 10.7. The summed E-state index contributed by atoms with van der Waals surface area (Å²) in [6.07, 6.45) is 4.78. The zero-order valence-corrected chi connectivity index (χ0v) is 15.2. The highest BCUT2D eigenvalue weighted by atomic mass is 16.5. The van der Waals surface area contributed by atoms with E-state index in [1.807, 2.05) is 25.1 Å². The number of carbonyl (C=O) groups excluding carboxylic acids is 1. The van der Waals surface area contributed by atoms with Crippen molar-refractivity contribution in [2.45, 2.75) is 51.6 Å². The summed E-state index contributed by atoms with van der Waals surface area (Å²) in [5.41, 5.74) is 0.982. The number of carbonyl (C=O) groups is 1. The van der Waals surface area contributed by atoms with E-state index < -0.39 is 0 Å². The van der Waals surface area contributed by atoms with E-state index in [4.69, 9.17) is 9.47 Å². The Morgan fingerprint density at radius 2 is 2.00 bits per heavy atom. The monoisotopic (exact) mass is 334 g/mol. The van der Waals surface area contributed by atoms with Crippen LogP contribution in [-0.4, -0.2) is 32.7 Å². The van der Waals surface area contributed by atoms with E-state index in [0.717, 1.165) is 23.5 Å². The summed E-state index contributed by atoms with van der Waals surface area (Å²) >= 11 is 0. The molecule has 0 spiro atoms. The molecule has 1 aromatic carbocycles. The van der Waals surface area contributed by atoms with Crippen LogP contribution in [0, 0.1) is 5.92 Å². The number of benzene rings is 1. The molecule has 0 bridgehead atoms. The van der Waals surface area contributed by atoms with Crippen LogP contribution in [0.1, 0.15) is 51.1 Å². The van der Waals surface area contributed by atoms with Gasteiger partial charge in [0, 0.05) is 17.6 Å². The Morgan fingerprint density at radius 1 is 1.25 bits per heavy atom. The number of hydrogen-bond donors (Lipinski definition) is 2. The van der Waals surface area contributed by atoms with Gasteiger partial charge in [0.05, 0.1) is 20.8 Å². The summed E-state index contributed by atoms with van der Waals surface area (Å²) in [6.45, 7) is 4.54. The van der Waals surface area contributed by atoms with Gasteiger partial charge in [-0.25, -0.2) is 0 Å². The quantitative estimate of drug-likeness (QED) is 0.805. The molecule has 0 aromatic heterocycles. The highest BCUT2D eigenvalue weighted by Crippen LogP contribution is 2.29. The lowest BCUT2D eigenvalue weighted by Gasteiger charge is -2.29. The predicted octanol–water partition coefficient (Wildman–Crippen LogP) is 3.05. The highest BCUT2D eigenvalue weighted by Gasteiger charge is 2.23. The molecule has 5 heteroatoms. The van der Waals surface area contributed by atoms with Gasteiger partial charge in [-0.15, -0.1) is 0 Å². The molecule has 24 heavy (non-hydrogen) atoms. The molecule has 1 aliphatic rings. The molecule has 0 heterocycles. The molecule has 2 rings (SSSR count). The van der Waals surface area contributed by atoms with Gasteiger partial charge in [0.1, 0.15) is 11.5 Å². The zero-order valence-electron chi connectivity index (χ0n) is 15.2. The number of rotatable bonds is 7. The molecule has 0 aliphatic heterocycles. The smallest absolute Gasteiger partial charge is 0.234 e. The first kappa shape index (κ1) is 18.6. The first-order valence-electron chi connectivity index (χ1n) is 8.79. The van der Waals surface area contributed by atoms with E-state index in [0.29, 0.717) is 18.5 Å². The summed E-state index contributed by atoms with van der Waals surface area (Å²) in [5.74, 6) is 2.19. The van der Waals surface area contributed by atoms with E-state index in [2.05, 4.69) is 17.6 Å². The van der Waals surface area contributed by atoms with Crippen molar-refractivity contribution in [3.63, 3.8) is 0 Å². The maximum Gasteiger partial charge on any atom is 0.234 e. The molecule has 1 aliphatic carbocycles. The lowest BCUT2D eigenvalue weighted by atomic mass is 9.86. The first-order chi connectivity index (χ1) is 11.5. The Morgan fingerprint density at radius 3 is 2.67 bits per heavy atom. The van der Waals surface area contributed by atoms with E-state index >= 15 is 0 Å². The molecule has 5 nitrogen and oxygen atoms in total. The lowest BCUT2D eigenvalue weighted by Crippen LogP contribution is -2.45. The van der Waals surface area contributed by atoms with Gasteiger partial charge in [0.2, 0.25) is 5.91 Å². The highest BCUT2D eigenvalue weighted by molar-refractivity contribution is 5.78. The Kier molecular flexibility index (Phi) is 6.91. The number of hydrogen-bond acceptors (Lipinski definition) is 4. The molecular weight excluding hydrogens is 304 g/mol. The largest absolute Gasteiger partial charge is 0.497 e. The molecule has 1 fully saturated rings. The average molecular weight is 334 g/mol. The van der Waals surface area contributed by atoms with Crippen molar-refractivity contribution in [1.82, 2.24) is 10.6 Å². The topological polar surface area (TPSA) is 59.6 Å². The van der Waals surface area contributed by atoms with Crippen molar-refractivity contribution in [2.24, 2.45) is 5.92 Å². The van der Waals surface area contributed by atoms with E-state index in [9.17, 15) is 4.79 Å². The van der Waals surface area contributed by atoms with Gasteiger partial charge in [0.15, 0.2) is 0 Å². The molecule has 3 atom stereocenters. The predicted molar refractivity (Wildman–Crippen MR) is 95.5 cm³/mol. The third-order valence-electron chi connectivity index (χ3n) is 4.93. The fourth-order valence-corrected chi connectivity index (χ4v) is 3.32. The standard InChI is InChI=1S/C19H30N2O3/c1-13-7-5-6-8-17(13)21-19(22)12-20-14(2)16-11-15(23-3)9-10-18(16)24-4/h9-11,13-14,17,20H,5-8,12H2,1-4H3,(H,21,22)/t13-,14-,17-/m0/s1. The van der Waals surface area contributed by atoms with Crippen LogP contribution in [0.2, 0.25) is 0 Å². The van der Waals surface area contributed by atoms with Crippen LogP contribution in [-0.2, 0) is 4.79 Å². The van der Waals surface area contributed by atoms with Crippen LogP contribution in [0.15, 0.2) is 18.2 Å². The molecule has 1 aromatic rings. The van der Waals surface area contributed by atoms with Crippen molar-refractivity contribution >= 4 is 5.91 Å². The lowest BCUT2D eigenvalue weighted by molar-refractivity contribution is -0.121. The first-order valence-corrected chi connectivity index (χ1v) is 8.79. The van der Waals surface area contributed by atoms with Crippen molar-refractivity contribution in [3.05, 3.63) is 23.8 Å². The van der Waals surface area contributed by atoms with Crippen LogP contribution < -0.4 is 20.1 Å². The van der Waals surface area contributed by atoms with Crippen LogP contribution in [0.5, 0.6) is 11.5 Å². The van der Waals surface area contributed by atoms with Crippen molar-refractivity contribution in [1.29, 1.82) is 0 Å². The summed E-state index contributed by atoms with van der Waals surface area (Å²) in [6, 6.07) is 6.00. The van der Waals surface area contributed by atoms with Crippen molar-refractivity contribution < 1.29 is 14.3 Å². The average Bonchev–Trinajstić information content (AvgIpc) is 2.61. The molecule has 0 unspecified atom stereocenters. The number of methoxy groups -OCH3 is 2. The zero-order chi connectivity index (χ0) is 17.5. The number of ether oxygens (including phenoxy) is 2. The van der Waals surface area contributed by atoms with Gasteiger partial charge in [-0.2, -0.15) is 0 Å². The van der Waals surface area contributed by atoms with E-state index in [1.165, 1.54) is 19.3 Å². The minimum atomic E-state index is -0.00965. The van der Waals surface area contributed by atoms with Gasteiger partial charge in [-0.1, -0.05) is 19.8 Å². The minimum absolute atomic E-state index is 0.00965. The molecule has 134 valence electrons. The van der Waals surface area contributed by atoms with E-state index in [1.54, 1.807) is 14.2 Å². The number of amides is 1. The van der Waals surface area contributed by atoms with Gasteiger partial charge < -0.3 is 20.1 Å². The maximum absolute atomic E-state index is 12.2. The normalized spacial score (nSPS) is 21.8. The van der Waals surface area contributed by atoms with Crippen molar-refractivity contribution in [2.75, 3.05) is 20.8 Å². The molecule has 0 radical (unpaired) electrons. The third kappa shape index (κ3) is 4.87. The Labute approximate surface area is 145 Å². The summed E-state index contributed by atoms with van der Waals surface area (Å²) in [7, 11) is 3.29. The van der Waals surface area contributed by atoms with Gasteiger partial charge >= 0.3 is 0 Å². The second-order valence-corrected chi connectivity index (χ2v) is 6.65. The van der Waals surface area contributed by atoms with Crippen molar-refractivity contribution in [3.8, 4) is 11.5 Å². The molecule has 1 amide bonds. The molecular formula is C19H30N2O3.